The molecule has 0 atom stereocenters. The molecular formula is C9H21BP. The first-order valence-corrected chi connectivity index (χ1v) is 6.47. The SMILES string of the molecule is CCCP(CCC)CCC.[B]. The van der Waals surface area contributed by atoms with E-state index in [-0.39, 0.29) is 8.41 Å². The van der Waals surface area contributed by atoms with Gasteiger partial charge in [0.15, 0.2) is 0 Å². The van der Waals surface area contributed by atoms with Crippen LogP contribution in [0.5, 0.6) is 0 Å². The van der Waals surface area contributed by atoms with E-state index in [0.29, 0.717) is 7.92 Å². The maximum atomic E-state index is 2.31. The third-order valence-corrected chi connectivity index (χ3v) is 4.86. The van der Waals surface area contributed by atoms with E-state index in [1.807, 2.05) is 0 Å². The van der Waals surface area contributed by atoms with Crippen LogP contribution in [0.15, 0.2) is 0 Å². The minimum absolute atomic E-state index is 0. The van der Waals surface area contributed by atoms with Crippen LogP contribution >= 0.6 is 7.92 Å². The Morgan fingerprint density at radius 3 is 1.18 bits per heavy atom. The quantitative estimate of drug-likeness (QED) is 0.424. The van der Waals surface area contributed by atoms with Crippen LogP contribution in [0.4, 0.5) is 0 Å². The fourth-order valence-electron chi connectivity index (χ4n) is 1.28. The molecule has 0 aliphatic rings. The summed E-state index contributed by atoms with van der Waals surface area (Å²) < 4.78 is 0. The molecular weight excluding hydrogens is 150 g/mol. The van der Waals surface area contributed by atoms with E-state index < -0.39 is 0 Å². The second-order valence-corrected chi connectivity index (χ2v) is 5.52. The minimum Gasteiger partial charge on any atom is -0.107 e. The predicted molar refractivity (Wildman–Crippen MR) is 58.1 cm³/mol. The smallest absolute Gasteiger partial charge is 0 e. The molecule has 0 spiro atoms. The van der Waals surface area contributed by atoms with Crippen molar-refractivity contribution in [2.45, 2.75) is 40.0 Å². The van der Waals surface area contributed by atoms with E-state index in [2.05, 4.69) is 20.8 Å². The predicted octanol–water partition coefficient (Wildman–Crippen LogP) is 3.32. The summed E-state index contributed by atoms with van der Waals surface area (Å²) in [5.41, 5.74) is 0. The lowest BCUT2D eigenvalue weighted by Crippen LogP contribution is -1.92. The standard InChI is InChI=1S/C9H21P.B/c1-4-7-10(8-5-2)9-6-3;/h4-9H2,1-3H3;. The highest BCUT2D eigenvalue weighted by atomic mass is 31.1. The van der Waals surface area contributed by atoms with E-state index >= 15 is 0 Å². The number of hydrogen-bond donors (Lipinski definition) is 0. The first-order chi connectivity index (χ1) is 4.85. The lowest BCUT2D eigenvalue weighted by atomic mass is 10.6. The molecule has 2 heteroatoms. The normalized spacial score (nSPS) is 9.82. The first kappa shape index (κ1) is 14.0. The summed E-state index contributed by atoms with van der Waals surface area (Å²) in [5, 5.41) is 0. The molecule has 0 fully saturated rings. The van der Waals surface area contributed by atoms with Crippen LogP contribution in [0, 0.1) is 0 Å². The van der Waals surface area contributed by atoms with Crippen molar-refractivity contribution in [3.8, 4) is 0 Å². The van der Waals surface area contributed by atoms with Crippen LogP contribution in [0.1, 0.15) is 40.0 Å². The van der Waals surface area contributed by atoms with Gasteiger partial charge in [-0.2, -0.15) is 0 Å². The molecule has 0 aliphatic carbocycles. The Balaban J connectivity index is 0. The van der Waals surface area contributed by atoms with Crippen molar-refractivity contribution in [3.63, 3.8) is 0 Å². The molecule has 65 valence electrons. The van der Waals surface area contributed by atoms with Gasteiger partial charge in [-0.3, -0.25) is 0 Å². The summed E-state index contributed by atoms with van der Waals surface area (Å²) in [7, 11) is 0.439. The highest BCUT2D eigenvalue weighted by Crippen LogP contribution is 2.37. The lowest BCUT2D eigenvalue weighted by molar-refractivity contribution is 1.02. The molecule has 0 saturated heterocycles. The Labute approximate surface area is 75.5 Å². The van der Waals surface area contributed by atoms with Gasteiger partial charge in [0.1, 0.15) is 0 Å². The molecule has 3 radical (unpaired) electrons. The van der Waals surface area contributed by atoms with Crippen molar-refractivity contribution in [3.05, 3.63) is 0 Å². The van der Waals surface area contributed by atoms with Gasteiger partial charge in [-0.25, -0.2) is 0 Å². The molecule has 11 heavy (non-hydrogen) atoms. The van der Waals surface area contributed by atoms with Gasteiger partial charge in [-0.05, 0) is 18.5 Å². The highest BCUT2D eigenvalue weighted by Gasteiger charge is 2.02. The highest BCUT2D eigenvalue weighted by molar-refractivity contribution is 7.57. The van der Waals surface area contributed by atoms with E-state index in [1.165, 1.54) is 37.7 Å². The molecule has 0 amide bonds. The topological polar surface area (TPSA) is 0 Å². The van der Waals surface area contributed by atoms with Crippen molar-refractivity contribution in [2.24, 2.45) is 0 Å². The fourth-order valence-corrected chi connectivity index (χ4v) is 3.85. The molecule has 0 saturated carbocycles. The third-order valence-electron chi connectivity index (χ3n) is 1.62. The van der Waals surface area contributed by atoms with E-state index in [1.54, 1.807) is 0 Å². The zero-order valence-corrected chi connectivity index (χ0v) is 9.16. The van der Waals surface area contributed by atoms with Gasteiger partial charge in [0.2, 0.25) is 0 Å². The molecule has 0 bridgehead atoms. The second kappa shape index (κ2) is 10.5. The number of hydrogen-bond acceptors (Lipinski definition) is 0. The zero-order valence-electron chi connectivity index (χ0n) is 8.27. The summed E-state index contributed by atoms with van der Waals surface area (Å²) in [6.07, 6.45) is 8.72. The summed E-state index contributed by atoms with van der Waals surface area (Å²) in [6, 6.07) is 0. The average Bonchev–Trinajstić information content (AvgIpc) is 1.90. The van der Waals surface area contributed by atoms with Crippen molar-refractivity contribution in [1.82, 2.24) is 0 Å². The molecule has 0 aromatic carbocycles. The van der Waals surface area contributed by atoms with Crippen LogP contribution in [0.25, 0.3) is 0 Å². The maximum Gasteiger partial charge on any atom is 0 e. The maximum absolute atomic E-state index is 2.31. The van der Waals surface area contributed by atoms with E-state index in [9.17, 15) is 0 Å². The molecule has 0 rings (SSSR count). The van der Waals surface area contributed by atoms with Crippen LogP contribution in [0.3, 0.4) is 0 Å². The summed E-state index contributed by atoms with van der Waals surface area (Å²) in [6.45, 7) is 6.92. The molecule has 0 aromatic heterocycles. The van der Waals surface area contributed by atoms with Crippen LogP contribution in [-0.2, 0) is 0 Å². The van der Waals surface area contributed by atoms with Crippen LogP contribution < -0.4 is 0 Å². The molecule has 0 nitrogen and oxygen atoms in total. The van der Waals surface area contributed by atoms with Gasteiger partial charge >= 0.3 is 0 Å². The van der Waals surface area contributed by atoms with Crippen LogP contribution in [0.2, 0.25) is 0 Å². The van der Waals surface area contributed by atoms with Gasteiger partial charge < -0.3 is 0 Å². The Hall–Kier alpha value is 0.495. The molecule has 0 aromatic rings. The van der Waals surface area contributed by atoms with Gasteiger partial charge in [-0.15, -0.1) is 7.92 Å². The summed E-state index contributed by atoms with van der Waals surface area (Å²) in [4.78, 5) is 0. The lowest BCUT2D eigenvalue weighted by Gasteiger charge is -2.13. The second-order valence-electron chi connectivity index (χ2n) is 2.84. The Morgan fingerprint density at radius 1 is 0.727 bits per heavy atom. The van der Waals surface area contributed by atoms with E-state index in [0.717, 1.165) is 0 Å². The zero-order chi connectivity index (χ0) is 7.82. The Morgan fingerprint density at radius 2 is 1.00 bits per heavy atom. The fraction of sp³-hybridized carbons (Fsp3) is 1.00. The van der Waals surface area contributed by atoms with E-state index in [4.69, 9.17) is 0 Å². The number of rotatable bonds is 6. The van der Waals surface area contributed by atoms with Crippen molar-refractivity contribution in [2.75, 3.05) is 18.5 Å². The Bertz CT molecular complexity index is 52.3. The Kier molecular flexibility index (Phi) is 13.4. The van der Waals surface area contributed by atoms with Crippen molar-refractivity contribution < 1.29 is 0 Å². The third kappa shape index (κ3) is 8.40. The summed E-state index contributed by atoms with van der Waals surface area (Å²) in [5.74, 6) is 0. The van der Waals surface area contributed by atoms with Crippen molar-refractivity contribution >= 4 is 16.3 Å². The molecule has 0 heterocycles. The monoisotopic (exact) mass is 171 g/mol. The van der Waals surface area contributed by atoms with Gasteiger partial charge in [0, 0.05) is 8.41 Å². The van der Waals surface area contributed by atoms with Crippen LogP contribution in [-0.4, -0.2) is 26.9 Å². The molecule has 0 N–H and O–H groups in total. The summed E-state index contributed by atoms with van der Waals surface area (Å²) >= 11 is 0. The van der Waals surface area contributed by atoms with Gasteiger partial charge in [-0.1, -0.05) is 40.0 Å². The van der Waals surface area contributed by atoms with Gasteiger partial charge in [0.05, 0.1) is 0 Å². The molecule has 0 unspecified atom stereocenters. The molecule has 0 aliphatic heterocycles. The van der Waals surface area contributed by atoms with Gasteiger partial charge in [0.25, 0.3) is 0 Å². The average molecular weight is 171 g/mol. The minimum atomic E-state index is 0. The first-order valence-electron chi connectivity index (χ1n) is 4.57. The van der Waals surface area contributed by atoms with Crippen molar-refractivity contribution in [1.29, 1.82) is 0 Å². The largest absolute Gasteiger partial charge is 0.107 e.